The number of carbonyl (C=O) groups excluding carboxylic acids is 1. The van der Waals surface area contributed by atoms with E-state index in [-0.39, 0.29) is 5.91 Å². The lowest BCUT2D eigenvalue weighted by Crippen LogP contribution is -2.19. The molecule has 6 heteroatoms. The maximum atomic E-state index is 12.5. The largest absolute Gasteiger partial charge is 0.357 e. The summed E-state index contributed by atoms with van der Waals surface area (Å²) in [5.41, 5.74) is 3.17. The minimum absolute atomic E-state index is 0.165. The van der Waals surface area contributed by atoms with Gasteiger partial charge in [-0.25, -0.2) is 4.98 Å². The molecule has 1 aliphatic rings. The first-order valence-corrected chi connectivity index (χ1v) is 8.42. The monoisotopic (exact) mass is 333 g/mol. The molecule has 6 nitrogen and oxygen atoms in total. The van der Waals surface area contributed by atoms with Crippen LogP contribution in [0.5, 0.6) is 0 Å². The number of benzene rings is 1. The number of nitrogens with zero attached hydrogens (tertiary/aromatic N) is 3. The SMILES string of the molecule is O=C(Nc1cccc(-c2ccn[nH]2)c1)c1ccc(N2CCCC2)nc1. The average molecular weight is 333 g/mol. The number of hydrogen-bond acceptors (Lipinski definition) is 4. The Kier molecular flexibility index (Phi) is 4.16. The van der Waals surface area contributed by atoms with Crippen molar-refractivity contribution in [2.45, 2.75) is 12.8 Å². The first-order chi connectivity index (χ1) is 12.3. The molecule has 0 bridgehead atoms. The average Bonchev–Trinajstić information content (AvgIpc) is 3.36. The van der Waals surface area contributed by atoms with E-state index in [1.807, 2.05) is 42.5 Å². The molecule has 2 aromatic heterocycles. The zero-order valence-corrected chi connectivity index (χ0v) is 13.8. The minimum atomic E-state index is -0.165. The molecule has 0 unspecified atom stereocenters. The van der Waals surface area contributed by atoms with Gasteiger partial charge in [0.05, 0.1) is 11.3 Å². The van der Waals surface area contributed by atoms with E-state index < -0.39 is 0 Å². The zero-order valence-electron chi connectivity index (χ0n) is 13.8. The molecule has 1 aliphatic heterocycles. The number of aromatic nitrogens is 3. The highest BCUT2D eigenvalue weighted by Crippen LogP contribution is 2.21. The van der Waals surface area contributed by atoms with Crippen molar-refractivity contribution in [3.63, 3.8) is 0 Å². The van der Waals surface area contributed by atoms with Gasteiger partial charge < -0.3 is 10.2 Å². The van der Waals surface area contributed by atoms with Crippen LogP contribution in [0.15, 0.2) is 54.9 Å². The van der Waals surface area contributed by atoms with E-state index in [2.05, 4.69) is 25.4 Å². The molecule has 0 spiro atoms. The van der Waals surface area contributed by atoms with Gasteiger partial charge in [0, 0.05) is 36.7 Å². The van der Waals surface area contributed by atoms with E-state index >= 15 is 0 Å². The van der Waals surface area contributed by atoms with Crippen LogP contribution < -0.4 is 10.2 Å². The van der Waals surface area contributed by atoms with E-state index in [4.69, 9.17) is 0 Å². The van der Waals surface area contributed by atoms with Crippen LogP contribution in [0.2, 0.25) is 0 Å². The summed E-state index contributed by atoms with van der Waals surface area (Å²) in [4.78, 5) is 19.1. The van der Waals surface area contributed by atoms with Crippen LogP contribution in [0.1, 0.15) is 23.2 Å². The molecule has 0 atom stereocenters. The third kappa shape index (κ3) is 3.38. The van der Waals surface area contributed by atoms with Crippen molar-refractivity contribution >= 4 is 17.4 Å². The molecular weight excluding hydrogens is 314 g/mol. The van der Waals surface area contributed by atoms with Crippen molar-refractivity contribution in [2.24, 2.45) is 0 Å². The van der Waals surface area contributed by atoms with Gasteiger partial charge >= 0.3 is 0 Å². The number of nitrogens with one attached hydrogen (secondary N) is 2. The molecule has 1 fully saturated rings. The normalized spacial score (nSPS) is 13.8. The standard InChI is InChI=1S/C19H19N5O/c25-19(15-6-7-18(20-13-15)24-10-1-2-11-24)22-16-5-3-4-14(12-16)17-8-9-21-23-17/h3-9,12-13H,1-2,10-11H2,(H,21,23)(H,22,25). The molecule has 126 valence electrons. The van der Waals surface area contributed by atoms with Gasteiger partial charge in [-0.3, -0.25) is 9.89 Å². The van der Waals surface area contributed by atoms with Crippen LogP contribution in [0.3, 0.4) is 0 Å². The Labute approximate surface area is 145 Å². The maximum absolute atomic E-state index is 12.5. The van der Waals surface area contributed by atoms with Crippen molar-refractivity contribution < 1.29 is 4.79 Å². The van der Waals surface area contributed by atoms with Crippen LogP contribution in [-0.4, -0.2) is 34.2 Å². The van der Waals surface area contributed by atoms with Gasteiger partial charge in [-0.1, -0.05) is 12.1 Å². The molecule has 3 aromatic rings. The number of pyridine rings is 1. The predicted octanol–water partition coefficient (Wildman–Crippen LogP) is 3.32. The number of hydrogen-bond donors (Lipinski definition) is 2. The number of amides is 1. The first kappa shape index (κ1) is 15.4. The number of aromatic amines is 1. The molecule has 1 aromatic carbocycles. The van der Waals surface area contributed by atoms with Gasteiger partial charge in [0.15, 0.2) is 0 Å². The molecule has 25 heavy (non-hydrogen) atoms. The molecule has 0 radical (unpaired) electrons. The second kappa shape index (κ2) is 6.76. The third-order valence-electron chi connectivity index (χ3n) is 4.37. The Hall–Kier alpha value is -3.15. The molecule has 2 N–H and O–H groups in total. The molecule has 0 aliphatic carbocycles. The van der Waals surface area contributed by atoms with Crippen LogP contribution in [0.25, 0.3) is 11.3 Å². The molecule has 0 saturated carbocycles. The summed E-state index contributed by atoms with van der Waals surface area (Å²) in [5.74, 6) is 0.775. The van der Waals surface area contributed by atoms with Gasteiger partial charge in [0.2, 0.25) is 0 Å². The fourth-order valence-electron chi connectivity index (χ4n) is 3.04. The highest BCUT2D eigenvalue weighted by molar-refractivity contribution is 6.04. The van der Waals surface area contributed by atoms with Gasteiger partial charge in [-0.15, -0.1) is 0 Å². The second-order valence-corrected chi connectivity index (χ2v) is 6.10. The van der Waals surface area contributed by atoms with Crippen LogP contribution in [0.4, 0.5) is 11.5 Å². The Morgan fingerprint density at radius 3 is 2.72 bits per heavy atom. The van der Waals surface area contributed by atoms with Crippen LogP contribution in [0, 0.1) is 0 Å². The van der Waals surface area contributed by atoms with Crippen molar-refractivity contribution in [2.75, 3.05) is 23.3 Å². The topological polar surface area (TPSA) is 73.9 Å². The summed E-state index contributed by atoms with van der Waals surface area (Å²) in [6.07, 6.45) is 5.75. The summed E-state index contributed by atoms with van der Waals surface area (Å²) >= 11 is 0. The molecule has 3 heterocycles. The highest BCUT2D eigenvalue weighted by atomic mass is 16.1. The van der Waals surface area contributed by atoms with Gasteiger partial charge in [-0.2, -0.15) is 5.10 Å². The lowest BCUT2D eigenvalue weighted by Gasteiger charge is -2.16. The summed E-state index contributed by atoms with van der Waals surface area (Å²) in [7, 11) is 0. The Morgan fingerprint density at radius 2 is 2.00 bits per heavy atom. The molecule has 1 amide bonds. The van der Waals surface area contributed by atoms with E-state index in [0.29, 0.717) is 5.56 Å². The fraction of sp³-hybridized carbons (Fsp3) is 0.211. The lowest BCUT2D eigenvalue weighted by molar-refractivity contribution is 0.102. The summed E-state index contributed by atoms with van der Waals surface area (Å²) in [5, 5.41) is 9.80. The van der Waals surface area contributed by atoms with Gasteiger partial charge in [0.25, 0.3) is 5.91 Å². The predicted molar refractivity (Wildman–Crippen MR) is 97.7 cm³/mol. The van der Waals surface area contributed by atoms with Crippen LogP contribution >= 0.6 is 0 Å². The van der Waals surface area contributed by atoms with Gasteiger partial charge in [0.1, 0.15) is 5.82 Å². The maximum Gasteiger partial charge on any atom is 0.257 e. The highest BCUT2D eigenvalue weighted by Gasteiger charge is 2.14. The van der Waals surface area contributed by atoms with E-state index in [1.54, 1.807) is 12.4 Å². The Balaban J connectivity index is 1.47. The number of anilines is 2. The fourth-order valence-corrected chi connectivity index (χ4v) is 3.04. The lowest BCUT2D eigenvalue weighted by atomic mass is 10.1. The number of rotatable bonds is 4. The smallest absolute Gasteiger partial charge is 0.257 e. The minimum Gasteiger partial charge on any atom is -0.357 e. The zero-order chi connectivity index (χ0) is 17.1. The van der Waals surface area contributed by atoms with Crippen LogP contribution in [-0.2, 0) is 0 Å². The second-order valence-electron chi connectivity index (χ2n) is 6.10. The molecule has 4 rings (SSSR count). The Bertz CT molecular complexity index is 852. The van der Waals surface area contributed by atoms with E-state index in [9.17, 15) is 4.79 Å². The molecular formula is C19H19N5O. The first-order valence-electron chi connectivity index (χ1n) is 8.42. The third-order valence-corrected chi connectivity index (χ3v) is 4.37. The van der Waals surface area contributed by atoms with Crippen molar-refractivity contribution in [1.29, 1.82) is 0 Å². The van der Waals surface area contributed by atoms with Crippen molar-refractivity contribution in [3.05, 3.63) is 60.4 Å². The van der Waals surface area contributed by atoms with Crippen molar-refractivity contribution in [3.8, 4) is 11.3 Å². The van der Waals surface area contributed by atoms with Gasteiger partial charge in [-0.05, 0) is 43.2 Å². The quantitative estimate of drug-likeness (QED) is 0.768. The molecule has 1 saturated heterocycles. The number of carbonyl (C=O) groups is 1. The van der Waals surface area contributed by atoms with Crippen molar-refractivity contribution in [1.82, 2.24) is 15.2 Å². The van der Waals surface area contributed by atoms with E-state index in [0.717, 1.165) is 35.9 Å². The summed E-state index contributed by atoms with van der Waals surface area (Å²) < 4.78 is 0. The van der Waals surface area contributed by atoms with E-state index in [1.165, 1.54) is 12.8 Å². The number of H-pyrrole nitrogens is 1. The summed E-state index contributed by atoms with van der Waals surface area (Å²) in [6.45, 7) is 2.08. The Morgan fingerprint density at radius 1 is 1.12 bits per heavy atom. The summed E-state index contributed by atoms with van der Waals surface area (Å²) in [6, 6.07) is 13.3.